The topological polar surface area (TPSA) is 69.4 Å². The Balaban J connectivity index is 0.00000182. The summed E-state index contributed by atoms with van der Waals surface area (Å²) in [6.07, 6.45) is 4.24. The number of piperidine rings is 1. The van der Waals surface area contributed by atoms with Crippen molar-refractivity contribution < 1.29 is 14.0 Å². The molecule has 7 heteroatoms. The Bertz CT molecular complexity index is 728. The van der Waals surface area contributed by atoms with Crippen LogP contribution in [0.25, 0.3) is 0 Å². The van der Waals surface area contributed by atoms with E-state index < -0.39 is 0 Å². The van der Waals surface area contributed by atoms with Crippen molar-refractivity contribution in [3.8, 4) is 11.5 Å². The summed E-state index contributed by atoms with van der Waals surface area (Å²) < 4.78 is 16.2. The molecule has 1 N–H and O–H groups in total. The van der Waals surface area contributed by atoms with Gasteiger partial charge in [-0.15, -0.1) is 12.4 Å². The maximum atomic E-state index is 5.55. The summed E-state index contributed by atoms with van der Waals surface area (Å²) in [4.78, 5) is 4.64. The highest BCUT2D eigenvalue weighted by Gasteiger charge is 2.57. The van der Waals surface area contributed by atoms with Crippen molar-refractivity contribution in [1.29, 1.82) is 0 Å². The third-order valence-corrected chi connectivity index (χ3v) is 5.38. The Hall–Kier alpha value is -1.79. The minimum atomic E-state index is 0. The second kappa shape index (κ2) is 7.22. The average molecular weight is 366 g/mol. The van der Waals surface area contributed by atoms with E-state index in [0.717, 1.165) is 41.9 Å². The molecular weight excluding hydrogens is 342 g/mol. The summed E-state index contributed by atoms with van der Waals surface area (Å²) >= 11 is 0. The van der Waals surface area contributed by atoms with Gasteiger partial charge in [-0.2, -0.15) is 4.98 Å². The second-order valence-electron chi connectivity index (χ2n) is 6.78. The van der Waals surface area contributed by atoms with Crippen LogP contribution in [-0.2, 0) is 6.42 Å². The molecule has 1 aromatic carbocycles. The molecule has 0 amide bonds. The molecule has 1 saturated heterocycles. The number of hydrogen-bond acceptors (Lipinski definition) is 6. The summed E-state index contributed by atoms with van der Waals surface area (Å²) in [6.45, 7) is 2.20. The number of aromatic nitrogens is 2. The predicted molar refractivity (Wildman–Crippen MR) is 95.8 cm³/mol. The molecule has 1 unspecified atom stereocenters. The van der Waals surface area contributed by atoms with E-state index in [0.29, 0.717) is 17.8 Å². The maximum absolute atomic E-state index is 5.55. The summed E-state index contributed by atoms with van der Waals surface area (Å²) in [5.74, 6) is 3.43. The molecule has 1 spiro atoms. The fourth-order valence-corrected chi connectivity index (χ4v) is 3.83. The molecule has 2 fully saturated rings. The second-order valence-corrected chi connectivity index (χ2v) is 6.78. The molecule has 1 saturated carbocycles. The lowest BCUT2D eigenvalue weighted by Crippen LogP contribution is -2.29. The van der Waals surface area contributed by atoms with E-state index in [2.05, 4.69) is 15.5 Å². The Morgan fingerprint density at radius 3 is 2.68 bits per heavy atom. The number of ether oxygens (including phenoxy) is 2. The van der Waals surface area contributed by atoms with Crippen LogP contribution in [0.4, 0.5) is 0 Å². The lowest BCUT2D eigenvalue weighted by molar-refractivity contribution is 0.310. The third-order valence-electron chi connectivity index (χ3n) is 5.38. The fraction of sp³-hybridized carbons (Fsp3) is 0.556. The first-order valence-electron chi connectivity index (χ1n) is 8.48. The molecule has 136 valence electrons. The van der Waals surface area contributed by atoms with Crippen molar-refractivity contribution in [2.45, 2.75) is 31.6 Å². The van der Waals surface area contributed by atoms with Crippen molar-refractivity contribution in [3.63, 3.8) is 0 Å². The quantitative estimate of drug-likeness (QED) is 0.878. The van der Waals surface area contributed by atoms with Crippen molar-refractivity contribution >= 4 is 12.4 Å². The van der Waals surface area contributed by atoms with Gasteiger partial charge in [-0.3, -0.25) is 0 Å². The highest BCUT2D eigenvalue weighted by Crippen LogP contribution is 2.63. The zero-order chi connectivity index (χ0) is 16.6. The molecule has 1 atom stereocenters. The van der Waals surface area contributed by atoms with E-state index in [9.17, 15) is 0 Å². The van der Waals surface area contributed by atoms with Gasteiger partial charge in [-0.05, 0) is 55.5 Å². The summed E-state index contributed by atoms with van der Waals surface area (Å²) in [5, 5.41) is 7.60. The van der Waals surface area contributed by atoms with Gasteiger partial charge >= 0.3 is 0 Å². The molecule has 1 aliphatic heterocycles. The predicted octanol–water partition coefficient (Wildman–Crippen LogP) is 2.96. The first kappa shape index (κ1) is 18.0. The van der Waals surface area contributed by atoms with Gasteiger partial charge in [0.05, 0.1) is 14.2 Å². The zero-order valence-electron chi connectivity index (χ0n) is 14.6. The Morgan fingerprint density at radius 1 is 1.20 bits per heavy atom. The van der Waals surface area contributed by atoms with E-state index in [1.807, 2.05) is 18.2 Å². The molecular formula is C18H24ClN3O3. The number of nitrogens with one attached hydrogen (secondary N) is 1. The summed E-state index contributed by atoms with van der Waals surface area (Å²) in [5.41, 5.74) is 1.49. The normalized spacial score (nSPS) is 20.8. The highest BCUT2D eigenvalue weighted by molar-refractivity contribution is 5.85. The van der Waals surface area contributed by atoms with Crippen LogP contribution in [0.5, 0.6) is 11.5 Å². The molecule has 4 rings (SSSR count). The Labute approximate surface area is 153 Å². The molecule has 2 aromatic rings. The van der Waals surface area contributed by atoms with Gasteiger partial charge in [0.1, 0.15) is 0 Å². The number of halogens is 1. The lowest BCUT2D eigenvalue weighted by Gasteiger charge is -2.22. The van der Waals surface area contributed by atoms with Gasteiger partial charge in [0.15, 0.2) is 17.3 Å². The first-order valence-corrected chi connectivity index (χ1v) is 8.48. The van der Waals surface area contributed by atoms with Gasteiger partial charge in [0.2, 0.25) is 5.89 Å². The van der Waals surface area contributed by atoms with Crippen molar-refractivity contribution in [3.05, 3.63) is 35.5 Å². The van der Waals surface area contributed by atoms with E-state index >= 15 is 0 Å². The highest BCUT2D eigenvalue weighted by atomic mass is 35.5. The van der Waals surface area contributed by atoms with Crippen LogP contribution in [0.3, 0.4) is 0 Å². The Kier molecular flexibility index (Phi) is 5.20. The van der Waals surface area contributed by atoms with Gasteiger partial charge in [0, 0.05) is 12.3 Å². The maximum Gasteiger partial charge on any atom is 0.230 e. The molecule has 0 bridgehead atoms. The molecule has 6 nitrogen and oxygen atoms in total. The van der Waals surface area contributed by atoms with Gasteiger partial charge in [-0.1, -0.05) is 11.2 Å². The number of rotatable bonds is 5. The number of nitrogens with zero attached hydrogens (tertiary/aromatic N) is 2. The van der Waals surface area contributed by atoms with Crippen LogP contribution in [0, 0.1) is 5.41 Å². The van der Waals surface area contributed by atoms with Crippen LogP contribution >= 0.6 is 12.4 Å². The van der Waals surface area contributed by atoms with Crippen LogP contribution in [0.1, 0.15) is 42.5 Å². The lowest BCUT2D eigenvalue weighted by atomic mass is 9.92. The fourth-order valence-electron chi connectivity index (χ4n) is 3.83. The molecule has 2 aliphatic rings. The minimum absolute atomic E-state index is 0. The van der Waals surface area contributed by atoms with Crippen LogP contribution < -0.4 is 14.8 Å². The van der Waals surface area contributed by atoms with E-state index in [1.165, 1.54) is 19.3 Å². The zero-order valence-corrected chi connectivity index (χ0v) is 15.4. The van der Waals surface area contributed by atoms with Crippen LogP contribution in [0.2, 0.25) is 0 Å². The van der Waals surface area contributed by atoms with Crippen molar-refractivity contribution in [1.82, 2.24) is 15.5 Å². The average Bonchev–Trinajstić information content (AvgIpc) is 3.10. The molecule has 0 radical (unpaired) electrons. The monoisotopic (exact) mass is 365 g/mol. The van der Waals surface area contributed by atoms with Crippen molar-refractivity contribution in [2.75, 3.05) is 27.3 Å². The molecule has 25 heavy (non-hydrogen) atoms. The van der Waals surface area contributed by atoms with E-state index in [4.69, 9.17) is 14.0 Å². The summed E-state index contributed by atoms with van der Waals surface area (Å²) in [7, 11) is 3.27. The van der Waals surface area contributed by atoms with Gasteiger partial charge in [-0.25, -0.2) is 0 Å². The molecule has 1 aliphatic carbocycles. The third kappa shape index (κ3) is 3.46. The van der Waals surface area contributed by atoms with Crippen molar-refractivity contribution in [2.24, 2.45) is 5.41 Å². The number of benzene rings is 1. The summed E-state index contributed by atoms with van der Waals surface area (Å²) in [6, 6.07) is 5.86. The molecule has 1 aromatic heterocycles. The Morgan fingerprint density at radius 2 is 1.96 bits per heavy atom. The number of hydrogen-bond donors (Lipinski definition) is 1. The van der Waals surface area contributed by atoms with E-state index in [-0.39, 0.29) is 12.4 Å². The van der Waals surface area contributed by atoms with Gasteiger partial charge in [0.25, 0.3) is 0 Å². The van der Waals surface area contributed by atoms with Crippen LogP contribution in [0.15, 0.2) is 22.7 Å². The largest absolute Gasteiger partial charge is 0.493 e. The first-order chi connectivity index (χ1) is 11.7. The van der Waals surface area contributed by atoms with Crippen LogP contribution in [-0.4, -0.2) is 37.4 Å². The number of methoxy groups -OCH3 is 2. The SMILES string of the molecule is COc1ccc(Cc2noc(C3CC34CCNCC4)n2)cc1OC.Cl. The molecule has 2 heterocycles. The standard InChI is InChI=1S/C18H23N3O3.ClH/c1-22-14-4-3-12(9-15(14)23-2)10-16-20-17(24-21-16)13-11-18(13)5-7-19-8-6-18;/h3-4,9,13,19H,5-8,10-11H2,1-2H3;1H. The minimum Gasteiger partial charge on any atom is -0.493 e. The smallest absolute Gasteiger partial charge is 0.230 e. The van der Waals surface area contributed by atoms with E-state index in [1.54, 1.807) is 14.2 Å². The van der Waals surface area contributed by atoms with Gasteiger partial charge < -0.3 is 19.3 Å².